The third-order valence-electron chi connectivity index (χ3n) is 8.47. The molecule has 39 heavy (non-hydrogen) atoms. The summed E-state index contributed by atoms with van der Waals surface area (Å²) in [6.45, 7) is 4.41. The number of aromatic amines is 1. The average molecular weight is 524 g/mol. The summed E-state index contributed by atoms with van der Waals surface area (Å²) in [6.07, 6.45) is 7.46. The second-order valence-corrected chi connectivity index (χ2v) is 11.2. The molecule has 0 saturated carbocycles. The molecule has 2 aliphatic heterocycles. The Morgan fingerprint density at radius 2 is 1.79 bits per heavy atom. The highest BCUT2D eigenvalue weighted by Gasteiger charge is 2.28. The molecule has 0 aliphatic carbocycles. The third-order valence-corrected chi connectivity index (χ3v) is 8.47. The van der Waals surface area contributed by atoms with Crippen LogP contribution >= 0.6 is 0 Å². The molecule has 6 rings (SSSR count). The van der Waals surface area contributed by atoms with Crippen LogP contribution in [0.15, 0.2) is 54.9 Å². The molecule has 1 fully saturated rings. The van der Waals surface area contributed by atoms with E-state index < -0.39 is 0 Å². The summed E-state index contributed by atoms with van der Waals surface area (Å²) in [6, 6.07) is 15.2. The number of aromatic nitrogens is 2. The normalized spacial score (nSPS) is 16.8. The first-order chi connectivity index (χ1) is 18.9. The van der Waals surface area contributed by atoms with Gasteiger partial charge in [-0.25, -0.2) is 4.98 Å². The minimum absolute atomic E-state index is 0.000234. The lowest BCUT2D eigenvalue weighted by molar-refractivity contribution is 0.0827. The summed E-state index contributed by atoms with van der Waals surface area (Å²) in [7, 11) is 7.54. The molecule has 0 atom stereocenters. The van der Waals surface area contributed by atoms with Crippen molar-refractivity contribution in [3.63, 3.8) is 0 Å². The van der Waals surface area contributed by atoms with Gasteiger partial charge in [-0.3, -0.25) is 9.69 Å². The number of ether oxygens (including phenoxy) is 1. The zero-order valence-electron chi connectivity index (χ0n) is 23.3. The first-order valence-electron chi connectivity index (χ1n) is 13.8. The second kappa shape index (κ2) is 10.5. The highest BCUT2D eigenvalue weighted by molar-refractivity contribution is 5.98. The third kappa shape index (κ3) is 4.92. The average Bonchev–Trinajstić information content (AvgIpc) is 3.39. The highest BCUT2D eigenvalue weighted by atomic mass is 16.5. The van der Waals surface area contributed by atoms with Crippen molar-refractivity contribution in [3.8, 4) is 28.0 Å². The highest BCUT2D eigenvalue weighted by Crippen LogP contribution is 2.37. The Kier molecular flexibility index (Phi) is 6.87. The van der Waals surface area contributed by atoms with E-state index in [0.717, 1.165) is 58.5 Å². The minimum Gasteiger partial charge on any atom is -0.496 e. The van der Waals surface area contributed by atoms with Crippen LogP contribution in [0.25, 0.3) is 33.3 Å². The molecule has 0 bridgehead atoms. The molecule has 202 valence electrons. The maximum Gasteiger partial charge on any atom is 0.253 e. The fourth-order valence-electron chi connectivity index (χ4n) is 6.12. The number of carbonyl (C=O) groups is 1. The fourth-order valence-corrected chi connectivity index (χ4v) is 6.12. The summed E-state index contributed by atoms with van der Waals surface area (Å²) in [5.41, 5.74) is 8.56. The first-order valence-corrected chi connectivity index (χ1v) is 13.8. The lowest BCUT2D eigenvalue weighted by Crippen LogP contribution is -2.45. The van der Waals surface area contributed by atoms with E-state index in [-0.39, 0.29) is 5.91 Å². The van der Waals surface area contributed by atoms with E-state index in [1.165, 1.54) is 37.1 Å². The Morgan fingerprint density at radius 3 is 2.51 bits per heavy atom. The van der Waals surface area contributed by atoms with Crippen LogP contribution in [0.1, 0.15) is 34.3 Å². The van der Waals surface area contributed by atoms with Crippen LogP contribution in [0.5, 0.6) is 5.75 Å². The molecule has 4 aromatic rings. The van der Waals surface area contributed by atoms with Gasteiger partial charge in [-0.1, -0.05) is 18.2 Å². The predicted octanol–water partition coefficient (Wildman–Crippen LogP) is 5.06. The van der Waals surface area contributed by atoms with Crippen molar-refractivity contribution in [2.24, 2.45) is 0 Å². The van der Waals surface area contributed by atoms with E-state index in [2.05, 4.69) is 40.0 Å². The quantitative estimate of drug-likeness (QED) is 0.396. The number of carbonyl (C=O) groups excluding carboxylic acids is 1. The number of H-pyrrole nitrogens is 1. The minimum atomic E-state index is 0.000234. The van der Waals surface area contributed by atoms with Gasteiger partial charge in [-0.2, -0.15) is 0 Å². The molecule has 1 N–H and O–H groups in total. The molecule has 7 heteroatoms. The van der Waals surface area contributed by atoms with Crippen LogP contribution in [-0.4, -0.2) is 84.5 Å². The number of fused-ring (bicyclic) bond motifs is 2. The van der Waals surface area contributed by atoms with Gasteiger partial charge < -0.3 is 19.5 Å². The Labute approximate surface area is 230 Å². The van der Waals surface area contributed by atoms with Crippen LogP contribution in [-0.2, 0) is 13.0 Å². The Bertz CT molecular complexity index is 1480. The van der Waals surface area contributed by atoms with Gasteiger partial charge in [0.05, 0.1) is 7.11 Å². The first kappa shape index (κ1) is 25.6. The van der Waals surface area contributed by atoms with Crippen molar-refractivity contribution in [3.05, 3.63) is 71.5 Å². The van der Waals surface area contributed by atoms with Crippen molar-refractivity contribution in [1.29, 1.82) is 0 Å². The number of hydrogen-bond donors (Lipinski definition) is 1. The number of amides is 1. The number of benzene rings is 2. The molecule has 1 saturated heterocycles. The van der Waals surface area contributed by atoms with Crippen molar-refractivity contribution in [1.82, 2.24) is 24.7 Å². The molecule has 1 amide bonds. The predicted molar refractivity (Wildman–Crippen MR) is 156 cm³/mol. The molecule has 7 nitrogen and oxygen atoms in total. The molecule has 0 unspecified atom stereocenters. The van der Waals surface area contributed by atoms with Crippen molar-refractivity contribution in [2.75, 3.05) is 47.9 Å². The van der Waals surface area contributed by atoms with Gasteiger partial charge in [-0.05, 0) is 80.4 Å². The zero-order valence-corrected chi connectivity index (χ0v) is 23.3. The Morgan fingerprint density at radius 1 is 1.03 bits per heavy atom. The van der Waals surface area contributed by atoms with E-state index >= 15 is 0 Å². The number of rotatable bonds is 5. The van der Waals surface area contributed by atoms with Crippen molar-refractivity contribution in [2.45, 2.75) is 31.8 Å². The van der Waals surface area contributed by atoms with E-state index in [1.807, 2.05) is 36.7 Å². The Balaban J connectivity index is 1.30. The standard InChI is InChI=1S/C32H37N5O2/c1-35(2)32(38)22-7-5-21(6-8-22)28-19-34-31-27(28)16-25(18-33-31)24-15-23-9-14-37(20-29(23)30(17-24)39-4)26-10-12-36(3)13-11-26/h5-8,15-19,26H,9-14,20H2,1-4H3,(H,33,34). The van der Waals surface area contributed by atoms with Crippen molar-refractivity contribution < 1.29 is 9.53 Å². The number of nitrogens with zero attached hydrogens (tertiary/aromatic N) is 4. The summed E-state index contributed by atoms with van der Waals surface area (Å²) in [5, 5.41) is 1.06. The Hall–Kier alpha value is -3.68. The largest absolute Gasteiger partial charge is 0.496 e. The SMILES string of the molecule is COc1cc(-c2cnc3[nH]cc(-c4ccc(C(=O)N(C)C)cc4)c3c2)cc2c1CN(C1CCN(C)CC1)CC2. The smallest absolute Gasteiger partial charge is 0.253 e. The van der Waals surface area contributed by atoms with Crippen LogP contribution in [0.4, 0.5) is 0 Å². The van der Waals surface area contributed by atoms with Gasteiger partial charge in [0.2, 0.25) is 0 Å². The molecule has 2 aromatic carbocycles. The van der Waals surface area contributed by atoms with Gasteiger partial charge in [0.15, 0.2) is 0 Å². The number of nitrogens with one attached hydrogen (secondary N) is 1. The van der Waals surface area contributed by atoms with Crippen LogP contribution in [0.3, 0.4) is 0 Å². The van der Waals surface area contributed by atoms with E-state index in [9.17, 15) is 4.79 Å². The zero-order chi connectivity index (χ0) is 27.1. The molecule has 0 spiro atoms. The topological polar surface area (TPSA) is 64.7 Å². The summed E-state index contributed by atoms with van der Waals surface area (Å²) in [4.78, 5) is 27.1. The van der Waals surface area contributed by atoms with E-state index in [0.29, 0.717) is 11.6 Å². The number of methoxy groups -OCH3 is 1. The number of pyridine rings is 1. The summed E-state index contributed by atoms with van der Waals surface area (Å²) >= 11 is 0. The van der Waals surface area contributed by atoms with Gasteiger partial charge in [0, 0.05) is 73.3 Å². The molecular formula is C32H37N5O2. The van der Waals surface area contributed by atoms with Gasteiger partial charge in [0.25, 0.3) is 5.91 Å². The van der Waals surface area contributed by atoms with E-state index in [1.54, 1.807) is 26.1 Å². The van der Waals surface area contributed by atoms with Gasteiger partial charge in [0.1, 0.15) is 11.4 Å². The molecule has 2 aliphatic rings. The monoisotopic (exact) mass is 523 g/mol. The van der Waals surface area contributed by atoms with E-state index in [4.69, 9.17) is 9.72 Å². The lowest BCUT2D eigenvalue weighted by atomic mass is 9.91. The molecule has 0 radical (unpaired) electrons. The molecular weight excluding hydrogens is 486 g/mol. The summed E-state index contributed by atoms with van der Waals surface area (Å²) < 4.78 is 5.95. The maximum absolute atomic E-state index is 12.3. The molecule has 2 aromatic heterocycles. The number of hydrogen-bond acceptors (Lipinski definition) is 5. The van der Waals surface area contributed by atoms with Crippen molar-refractivity contribution >= 4 is 16.9 Å². The fraction of sp³-hybridized carbons (Fsp3) is 0.375. The lowest BCUT2D eigenvalue weighted by Gasteiger charge is -2.40. The van der Waals surface area contributed by atoms with Crippen LogP contribution in [0.2, 0.25) is 0 Å². The van der Waals surface area contributed by atoms with Gasteiger partial charge in [-0.15, -0.1) is 0 Å². The summed E-state index contributed by atoms with van der Waals surface area (Å²) in [5.74, 6) is 0.968. The second-order valence-electron chi connectivity index (χ2n) is 11.2. The molecule has 4 heterocycles. The van der Waals surface area contributed by atoms with Crippen LogP contribution in [0, 0.1) is 0 Å². The van der Waals surface area contributed by atoms with Gasteiger partial charge >= 0.3 is 0 Å². The maximum atomic E-state index is 12.3. The van der Waals surface area contributed by atoms with Crippen LogP contribution < -0.4 is 4.74 Å². The number of likely N-dealkylation sites (tertiary alicyclic amines) is 1. The number of piperidine rings is 1.